The van der Waals surface area contributed by atoms with E-state index in [1.165, 1.54) is 23.3 Å². The Bertz CT molecular complexity index is 968. The molecule has 0 spiro atoms. The van der Waals surface area contributed by atoms with Crippen LogP contribution in [0.1, 0.15) is 11.3 Å². The lowest BCUT2D eigenvalue weighted by Gasteiger charge is -2.09. The molecule has 0 aliphatic carbocycles. The summed E-state index contributed by atoms with van der Waals surface area (Å²) in [6, 6.07) is 9.30. The average Bonchev–Trinajstić information content (AvgIpc) is 2.65. The summed E-state index contributed by atoms with van der Waals surface area (Å²) in [5.41, 5.74) is 1.33. The third-order valence-corrected chi connectivity index (χ3v) is 3.69. The van der Waals surface area contributed by atoms with E-state index in [1.54, 1.807) is 26.0 Å². The Morgan fingerprint density at radius 2 is 1.81 bits per heavy atom. The first-order valence-electron chi connectivity index (χ1n) is 7.90. The number of ether oxygens (including phenoxy) is 1. The first-order valence-corrected chi connectivity index (χ1v) is 7.90. The van der Waals surface area contributed by atoms with Gasteiger partial charge in [0.25, 0.3) is 5.56 Å². The number of aryl methyl sites for hydroxylation is 1. The molecule has 0 aliphatic heterocycles. The number of anilines is 1. The van der Waals surface area contributed by atoms with Gasteiger partial charge in [-0.05, 0) is 26.0 Å². The zero-order valence-electron chi connectivity index (χ0n) is 14.3. The average molecular weight is 351 g/mol. The van der Waals surface area contributed by atoms with Crippen LogP contribution in [0.2, 0.25) is 0 Å². The van der Waals surface area contributed by atoms with E-state index < -0.39 is 0 Å². The minimum atomic E-state index is -0.377. The molecular formula is C18H17N5O3. The Kier molecular flexibility index (Phi) is 5.02. The van der Waals surface area contributed by atoms with Crippen LogP contribution >= 0.6 is 0 Å². The van der Waals surface area contributed by atoms with Crippen LogP contribution in [0.3, 0.4) is 0 Å². The summed E-state index contributed by atoms with van der Waals surface area (Å²) in [6.07, 6.45) is 4.23. The minimum Gasteiger partial charge on any atom is -0.424 e. The second-order valence-electron chi connectivity index (χ2n) is 5.61. The normalized spacial score (nSPS) is 10.4. The molecule has 0 unspecified atom stereocenters. The quantitative estimate of drug-likeness (QED) is 0.755. The van der Waals surface area contributed by atoms with E-state index >= 15 is 0 Å². The number of hydrogen-bond donors (Lipinski definition) is 1. The molecule has 0 aliphatic rings. The molecule has 0 saturated carbocycles. The molecule has 0 atom stereocenters. The van der Waals surface area contributed by atoms with Gasteiger partial charge in [-0.2, -0.15) is 0 Å². The van der Waals surface area contributed by atoms with Crippen molar-refractivity contribution in [2.45, 2.75) is 20.4 Å². The fourth-order valence-corrected chi connectivity index (χ4v) is 2.17. The molecule has 8 heteroatoms. The van der Waals surface area contributed by atoms with Crippen LogP contribution in [0, 0.1) is 13.8 Å². The summed E-state index contributed by atoms with van der Waals surface area (Å²) in [5, 5.41) is 2.64. The second-order valence-corrected chi connectivity index (χ2v) is 5.61. The molecule has 3 rings (SSSR count). The molecule has 3 aromatic rings. The van der Waals surface area contributed by atoms with Gasteiger partial charge in [-0.25, -0.2) is 15.0 Å². The van der Waals surface area contributed by atoms with E-state index in [9.17, 15) is 9.59 Å². The Balaban J connectivity index is 1.63. The van der Waals surface area contributed by atoms with Gasteiger partial charge >= 0.3 is 6.01 Å². The molecule has 1 aromatic carbocycles. The van der Waals surface area contributed by atoms with E-state index in [2.05, 4.69) is 20.3 Å². The van der Waals surface area contributed by atoms with Gasteiger partial charge in [-0.15, -0.1) is 0 Å². The summed E-state index contributed by atoms with van der Waals surface area (Å²) in [5.74, 6) is 0.239. The molecule has 2 heterocycles. The van der Waals surface area contributed by atoms with Crippen LogP contribution < -0.4 is 15.6 Å². The van der Waals surface area contributed by atoms with Crippen LogP contribution in [-0.2, 0) is 11.3 Å². The summed E-state index contributed by atoms with van der Waals surface area (Å²) in [4.78, 5) is 36.4. The number of nitrogens with one attached hydrogen (secondary N) is 1. The summed E-state index contributed by atoms with van der Waals surface area (Å²) >= 11 is 0. The van der Waals surface area contributed by atoms with E-state index in [0.29, 0.717) is 22.7 Å². The van der Waals surface area contributed by atoms with Crippen molar-refractivity contribution in [1.82, 2.24) is 19.5 Å². The fourth-order valence-electron chi connectivity index (χ4n) is 2.17. The fraction of sp³-hybridized carbons (Fsp3) is 0.167. The highest BCUT2D eigenvalue weighted by atomic mass is 16.5. The highest BCUT2D eigenvalue weighted by Gasteiger charge is 2.09. The maximum atomic E-state index is 12.1. The maximum Gasteiger partial charge on any atom is 0.322 e. The number of hydrogen-bond acceptors (Lipinski definition) is 6. The monoisotopic (exact) mass is 351 g/mol. The smallest absolute Gasteiger partial charge is 0.322 e. The van der Waals surface area contributed by atoms with E-state index in [1.807, 2.05) is 18.2 Å². The number of aromatic nitrogens is 4. The number of benzene rings is 1. The van der Waals surface area contributed by atoms with E-state index in [0.717, 1.165) is 0 Å². The molecular weight excluding hydrogens is 334 g/mol. The van der Waals surface area contributed by atoms with Crippen molar-refractivity contribution in [2.75, 3.05) is 5.32 Å². The van der Waals surface area contributed by atoms with Crippen molar-refractivity contribution >= 4 is 11.6 Å². The molecule has 2 aromatic heterocycles. The number of nitrogens with zero attached hydrogens (tertiary/aromatic N) is 4. The van der Waals surface area contributed by atoms with Crippen molar-refractivity contribution in [2.24, 2.45) is 0 Å². The summed E-state index contributed by atoms with van der Waals surface area (Å²) in [6.45, 7) is 3.28. The van der Waals surface area contributed by atoms with Crippen LogP contribution in [0.15, 0.2) is 53.8 Å². The van der Waals surface area contributed by atoms with Gasteiger partial charge in [0.1, 0.15) is 12.3 Å². The van der Waals surface area contributed by atoms with Crippen molar-refractivity contribution in [3.05, 3.63) is 70.7 Å². The predicted molar refractivity (Wildman–Crippen MR) is 95.1 cm³/mol. The largest absolute Gasteiger partial charge is 0.424 e. The predicted octanol–water partition coefficient (Wildman–Crippen LogP) is 2.08. The van der Waals surface area contributed by atoms with E-state index in [-0.39, 0.29) is 24.0 Å². The van der Waals surface area contributed by atoms with Crippen LogP contribution in [0.25, 0.3) is 0 Å². The van der Waals surface area contributed by atoms with Gasteiger partial charge < -0.3 is 10.1 Å². The van der Waals surface area contributed by atoms with Crippen molar-refractivity contribution in [3.63, 3.8) is 0 Å². The van der Waals surface area contributed by atoms with Gasteiger partial charge in [-0.1, -0.05) is 18.2 Å². The van der Waals surface area contributed by atoms with Crippen LogP contribution in [0.4, 0.5) is 5.69 Å². The standard InChI is InChI=1S/C18H17N5O3/c1-12-13(2)21-11-23(17(12)25)10-16(24)22-14-8-19-18(20-9-14)26-15-6-4-3-5-7-15/h3-9,11H,10H2,1-2H3,(H,22,24). The molecule has 1 amide bonds. The van der Waals surface area contributed by atoms with Crippen molar-refractivity contribution in [1.29, 1.82) is 0 Å². The summed E-state index contributed by atoms with van der Waals surface area (Å²) < 4.78 is 6.74. The Morgan fingerprint density at radius 3 is 2.50 bits per heavy atom. The molecule has 8 nitrogen and oxygen atoms in total. The Hall–Kier alpha value is -3.55. The van der Waals surface area contributed by atoms with Crippen LogP contribution in [-0.4, -0.2) is 25.4 Å². The third-order valence-electron chi connectivity index (χ3n) is 3.69. The molecule has 0 radical (unpaired) electrons. The lowest BCUT2D eigenvalue weighted by molar-refractivity contribution is -0.116. The third kappa shape index (κ3) is 4.10. The highest BCUT2D eigenvalue weighted by Crippen LogP contribution is 2.17. The zero-order valence-corrected chi connectivity index (χ0v) is 14.3. The minimum absolute atomic E-state index is 0.144. The molecule has 0 saturated heterocycles. The first kappa shape index (κ1) is 17.3. The highest BCUT2D eigenvalue weighted by molar-refractivity contribution is 5.90. The number of rotatable bonds is 5. The number of carbonyl (C=O) groups is 1. The van der Waals surface area contributed by atoms with Gasteiger partial charge in [0.15, 0.2) is 0 Å². The zero-order chi connectivity index (χ0) is 18.5. The van der Waals surface area contributed by atoms with Gasteiger partial charge in [-0.3, -0.25) is 14.2 Å². The lowest BCUT2D eigenvalue weighted by Crippen LogP contribution is -2.29. The number of carbonyl (C=O) groups excluding carboxylic acids is 1. The maximum absolute atomic E-state index is 12.1. The van der Waals surface area contributed by atoms with Crippen LogP contribution in [0.5, 0.6) is 11.8 Å². The van der Waals surface area contributed by atoms with Gasteiger partial charge in [0, 0.05) is 11.3 Å². The van der Waals surface area contributed by atoms with Crippen molar-refractivity contribution in [3.8, 4) is 11.8 Å². The number of amides is 1. The Morgan fingerprint density at radius 1 is 1.12 bits per heavy atom. The topological polar surface area (TPSA) is 99.0 Å². The first-order chi connectivity index (χ1) is 12.5. The molecule has 132 valence electrons. The lowest BCUT2D eigenvalue weighted by atomic mass is 10.3. The van der Waals surface area contributed by atoms with E-state index in [4.69, 9.17) is 4.74 Å². The Labute approximate surface area is 149 Å². The molecule has 26 heavy (non-hydrogen) atoms. The second kappa shape index (κ2) is 7.56. The van der Waals surface area contributed by atoms with Crippen molar-refractivity contribution < 1.29 is 9.53 Å². The van der Waals surface area contributed by atoms with Gasteiger partial charge in [0.05, 0.1) is 24.4 Å². The number of para-hydroxylation sites is 1. The SMILES string of the molecule is Cc1ncn(CC(=O)Nc2cnc(Oc3ccccc3)nc2)c(=O)c1C. The molecule has 1 N–H and O–H groups in total. The molecule has 0 fully saturated rings. The van der Waals surface area contributed by atoms with Gasteiger partial charge in [0.2, 0.25) is 5.91 Å². The summed E-state index contributed by atoms with van der Waals surface area (Å²) in [7, 11) is 0. The molecule has 0 bridgehead atoms.